The number of rotatable bonds is 8. The van der Waals surface area contributed by atoms with Gasteiger partial charge in [-0.3, -0.25) is 14.4 Å². The molecule has 1 aromatic rings. The van der Waals surface area contributed by atoms with Gasteiger partial charge in [0.05, 0.1) is 12.6 Å². The Morgan fingerprint density at radius 2 is 1.96 bits per heavy atom. The maximum atomic E-state index is 12.5. The minimum atomic E-state index is -0.542. The number of aryl methyl sites for hydroxylation is 1. The van der Waals surface area contributed by atoms with Crippen molar-refractivity contribution in [2.24, 2.45) is 0 Å². The van der Waals surface area contributed by atoms with Gasteiger partial charge in [0.1, 0.15) is 6.54 Å². The summed E-state index contributed by atoms with van der Waals surface area (Å²) >= 11 is 0. The van der Waals surface area contributed by atoms with Crippen LogP contribution in [0.1, 0.15) is 60.4 Å². The Hall–Kier alpha value is -2.15. The molecule has 0 aromatic carbocycles. The Kier molecular flexibility index (Phi) is 7.59. The lowest BCUT2D eigenvalue weighted by molar-refractivity contribution is -0.148. The summed E-state index contributed by atoms with van der Waals surface area (Å²) in [5.41, 5.74) is 2.34. The van der Waals surface area contributed by atoms with Gasteiger partial charge in [0.15, 0.2) is 6.61 Å². The van der Waals surface area contributed by atoms with Crippen molar-refractivity contribution in [3.63, 3.8) is 0 Å². The van der Waals surface area contributed by atoms with E-state index in [1.165, 1.54) is 4.90 Å². The highest BCUT2D eigenvalue weighted by Gasteiger charge is 2.22. The molecule has 1 fully saturated rings. The Balaban J connectivity index is 1.94. The molecule has 1 atom stereocenters. The number of aromatic nitrogens is 1. The fraction of sp³-hybridized carbons (Fsp3) is 0.650. The molecule has 0 saturated carbocycles. The van der Waals surface area contributed by atoms with E-state index in [-0.39, 0.29) is 30.9 Å². The number of hydrogen-bond donors (Lipinski definition) is 0. The topological polar surface area (TPSA) is 77.8 Å². The molecular weight excluding hydrogens is 348 g/mol. The molecule has 27 heavy (non-hydrogen) atoms. The first-order valence-electron chi connectivity index (χ1n) is 9.49. The molecule has 2 rings (SSSR count). The van der Waals surface area contributed by atoms with E-state index in [1.54, 1.807) is 7.11 Å². The Morgan fingerprint density at radius 1 is 1.22 bits per heavy atom. The highest BCUT2D eigenvalue weighted by Crippen LogP contribution is 2.21. The van der Waals surface area contributed by atoms with Gasteiger partial charge in [-0.15, -0.1) is 0 Å². The minimum Gasteiger partial charge on any atom is -0.456 e. The molecule has 0 N–H and O–H groups in total. The summed E-state index contributed by atoms with van der Waals surface area (Å²) in [6.07, 6.45) is 3.22. The lowest BCUT2D eigenvalue weighted by Gasteiger charge is -2.19. The molecule has 0 spiro atoms. The number of carbonyl (C=O) groups excluding carboxylic acids is 3. The van der Waals surface area contributed by atoms with Crippen molar-refractivity contribution in [2.45, 2.75) is 52.5 Å². The predicted molar refractivity (Wildman–Crippen MR) is 101 cm³/mol. The highest BCUT2D eigenvalue weighted by atomic mass is 16.5. The molecule has 1 aliphatic rings. The van der Waals surface area contributed by atoms with E-state index in [0.717, 1.165) is 30.7 Å². The maximum Gasteiger partial charge on any atom is 0.326 e. The van der Waals surface area contributed by atoms with Crippen LogP contribution in [-0.4, -0.2) is 60.5 Å². The summed E-state index contributed by atoms with van der Waals surface area (Å²) in [6, 6.07) is 1.92. The van der Waals surface area contributed by atoms with Crippen LogP contribution < -0.4 is 0 Å². The largest absolute Gasteiger partial charge is 0.456 e. The van der Waals surface area contributed by atoms with Crippen LogP contribution in [-0.2, 0) is 19.1 Å². The van der Waals surface area contributed by atoms with Crippen molar-refractivity contribution in [2.75, 3.05) is 33.4 Å². The first kappa shape index (κ1) is 21.2. The van der Waals surface area contributed by atoms with Gasteiger partial charge in [-0.2, -0.15) is 0 Å². The zero-order chi connectivity index (χ0) is 20.0. The summed E-state index contributed by atoms with van der Waals surface area (Å²) in [7, 11) is 1.64. The van der Waals surface area contributed by atoms with Gasteiger partial charge >= 0.3 is 5.97 Å². The lowest BCUT2D eigenvalue weighted by atomic mass is 10.1. The Morgan fingerprint density at radius 3 is 2.67 bits per heavy atom. The molecule has 150 valence electrons. The summed E-state index contributed by atoms with van der Waals surface area (Å²) in [6.45, 7) is 6.55. The van der Waals surface area contributed by atoms with Gasteiger partial charge in [-0.05, 0) is 39.7 Å². The van der Waals surface area contributed by atoms with Crippen LogP contribution in [0.2, 0.25) is 0 Å². The van der Waals surface area contributed by atoms with Crippen LogP contribution in [0, 0.1) is 13.8 Å². The maximum absolute atomic E-state index is 12.5. The molecule has 7 nitrogen and oxygen atoms in total. The first-order chi connectivity index (χ1) is 12.8. The van der Waals surface area contributed by atoms with Crippen molar-refractivity contribution in [3.05, 3.63) is 23.0 Å². The number of Topliss-reactive ketones (excluding diaryl/α,β-unsaturated/α-hetero) is 1. The third-order valence-corrected chi connectivity index (χ3v) is 4.99. The van der Waals surface area contributed by atoms with Crippen LogP contribution in [0.4, 0.5) is 0 Å². The van der Waals surface area contributed by atoms with E-state index < -0.39 is 5.97 Å². The fourth-order valence-corrected chi connectivity index (χ4v) is 3.68. The molecule has 0 aliphatic carbocycles. The molecule has 1 saturated heterocycles. The number of amides is 1. The van der Waals surface area contributed by atoms with E-state index in [4.69, 9.17) is 9.47 Å². The molecule has 1 amide bonds. The molecule has 1 unspecified atom stereocenters. The van der Waals surface area contributed by atoms with E-state index in [0.29, 0.717) is 25.1 Å². The summed E-state index contributed by atoms with van der Waals surface area (Å²) < 4.78 is 12.4. The Labute approximate surface area is 160 Å². The number of ether oxygens (including phenoxy) is 2. The summed E-state index contributed by atoms with van der Waals surface area (Å²) in [5, 5.41) is 0. The molecule has 1 aromatic heterocycles. The van der Waals surface area contributed by atoms with Crippen molar-refractivity contribution < 1.29 is 23.9 Å². The number of esters is 1. The number of likely N-dealkylation sites (tertiary alicyclic amines) is 1. The van der Waals surface area contributed by atoms with E-state index >= 15 is 0 Å². The molecule has 2 heterocycles. The van der Waals surface area contributed by atoms with E-state index in [2.05, 4.69) is 4.57 Å². The quantitative estimate of drug-likeness (QED) is 0.513. The van der Waals surface area contributed by atoms with Gasteiger partial charge < -0.3 is 18.9 Å². The van der Waals surface area contributed by atoms with E-state index in [9.17, 15) is 14.4 Å². The third-order valence-electron chi connectivity index (χ3n) is 4.99. The third kappa shape index (κ3) is 5.42. The number of carbonyl (C=O) groups is 3. The van der Waals surface area contributed by atoms with Gasteiger partial charge in [-0.25, -0.2) is 0 Å². The number of methoxy groups -OCH3 is 1. The SMILES string of the molecule is COCC(C)n1c(C)cc(C(=O)COC(=O)CN2CCCCCC2=O)c1C. The van der Waals surface area contributed by atoms with Crippen molar-refractivity contribution in [1.29, 1.82) is 0 Å². The van der Waals surface area contributed by atoms with Gasteiger partial charge in [0, 0.05) is 37.0 Å². The van der Waals surface area contributed by atoms with Crippen molar-refractivity contribution >= 4 is 17.7 Å². The van der Waals surface area contributed by atoms with Gasteiger partial charge in [0.25, 0.3) is 0 Å². The normalized spacial score (nSPS) is 16.1. The summed E-state index contributed by atoms with van der Waals surface area (Å²) in [5.74, 6) is -0.805. The fourth-order valence-electron chi connectivity index (χ4n) is 3.68. The first-order valence-corrected chi connectivity index (χ1v) is 9.49. The van der Waals surface area contributed by atoms with Crippen LogP contribution in [0.5, 0.6) is 0 Å². The number of ketones is 1. The van der Waals surface area contributed by atoms with Crippen molar-refractivity contribution in [1.82, 2.24) is 9.47 Å². The molecule has 7 heteroatoms. The van der Waals surface area contributed by atoms with Crippen LogP contribution in [0.3, 0.4) is 0 Å². The smallest absolute Gasteiger partial charge is 0.326 e. The molecular formula is C20H30N2O5. The standard InChI is InChI=1S/C20H30N2O5/c1-14-10-17(16(3)22(14)15(2)12-26-4)18(23)13-27-20(25)11-21-9-7-5-6-8-19(21)24/h10,15H,5-9,11-13H2,1-4H3. The molecule has 0 bridgehead atoms. The zero-order valence-electron chi connectivity index (χ0n) is 16.7. The second-order valence-electron chi connectivity index (χ2n) is 7.17. The minimum absolute atomic E-state index is 0.0218. The Bertz CT molecular complexity index is 695. The number of nitrogens with zero attached hydrogens (tertiary/aromatic N) is 2. The summed E-state index contributed by atoms with van der Waals surface area (Å²) in [4.78, 5) is 38.1. The van der Waals surface area contributed by atoms with E-state index in [1.807, 2.05) is 26.8 Å². The van der Waals surface area contributed by atoms with Crippen LogP contribution in [0.15, 0.2) is 6.07 Å². The number of hydrogen-bond acceptors (Lipinski definition) is 5. The van der Waals surface area contributed by atoms with Crippen LogP contribution >= 0.6 is 0 Å². The average molecular weight is 378 g/mol. The average Bonchev–Trinajstić information content (AvgIpc) is 2.77. The van der Waals surface area contributed by atoms with Gasteiger partial charge in [0.2, 0.25) is 11.7 Å². The second-order valence-corrected chi connectivity index (χ2v) is 7.17. The van der Waals surface area contributed by atoms with Crippen molar-refractivity contribution in [3.8, 4) is 0 Å². The molecule has 1 aliphatic heterocycles. The monoisotopic (exact) mass is 378 g/mol. The highest BCUT2D eigenvalue weighted by molar-refractivity contribution is 5.99. The van der Waals surface area contributed by atoms with Crippen LogP contribution in [0.25, 0.3) is 0 Å². The molecule has 0 radical (unpaired) electrons. The second kappa shape index (κ2) is 9.69. The predicted octanol–water partition coefficient (Wildman–Crippen LogP) is 2.44. The lowest BCUT2D eigenvalue weighted by Crippen LogP contribution is -2.36. The zero-order valence-corrected chi connectivity index (χ0v) is 16.7. The van der Waals surface area contributed by atoms with Gasteiger partial charge in [-0.1, -0.05) is 6.42 Å².